The summed E-state index contributed by atoms with van der Waals surface area (Å²) in [7, 11) is 0. The van der Waals surface area contributed by atoms with Gasteiger partial charge in [0.1, 0.15) is 5.82 Å². The molecule has 0 aliphatic carbocycles. The van der Waals surface area contributed by atoms with Gasteiger partial charge in [0.15, 0.2) is 0 Å². The fourth-order valence-electron chi connectivity index (χ4n) is 2.05. The highest BCUT2D eigenvalue weighted by molar-refractivity contribution is 5.81. The van der Waals surface area contributed by atoms with Crippen molar-refractivity contribution in [1.29, 1.82) is 0 Å². The summed E-state index contributed by atoms with van der Waals surface area (Å²) in [6.45, 7) is 2.00. The van der Waals surface area contributed by atoms with Gasteiger partial charge in [0.05, 0.1) is 10.9 Å². The molecule has 0 fully saturated rings. The van der Waals surface area contributed by atoms with Gasteiger partial charge >= 0.3 is 0 Å². The molecule has 0 bridgehead atoms. The predicted octanol–water partition coefficient (Wildman–Crippen LogP) is 1.25. The molecule has 0 saturated heterocycles. The van der Waals surface area contributed by atoms with Crippen molar-refractivity contribution in [2.45, 2.75) is 13.3 Å². The van der Waals surface area contributed by atoms with Gasteiger partial charge in [0, 0.05) is 24.5 Å². The Balaban J connectivity index is 2.27. The van der Waals surface area contributed by atoms with Crippen molar-refractivity contribution in [3.05, 3.63) is 46.8 Å². The molecule has 3 aromatic rings. The van der Waals surface area contributed by atoms with Gasteiger partial charge in [-0.15, -0.1) is 0 Å². The van der Waals surface area contributed by atoms with Crippen molar-refractivity contribution in [1.82, 2.24) is 19.5 Å². The highest BCUT2D eigenvalue weighted by Gasteiger charge is 2.08. The second kappa shape index (κ2) is 4.24. The van der Waals surface area contributed by atoms with Crippen LogP contribution >= 0.6 is 0 Å². The van der Waals surface area contributed by atoms with E-state index in [0.717, 1.165) is 12.2 Å². The Morgan fingerprint density at radius 3 is 3.05 bits per heavy atom. The standard InChI is InChI=1S/C13H13N5O/c1-2-11-15-5-6-18(11)13-16-10-4-3-8(14)7-9(10)12(19)17-13/h3-7H,2,14H2,1H3,(H,16,17,19). The number of hydrogen-bond acceptors (Lipinski definition) is 4. The number of imidazole rings is 1. The number of H-pyrrole nitrogens is 1. The normalized spacial score (nSPS) is 11.0. The number of hydrogen-bond donors (Lipinski definition) is 2. The largest absolute Gasteiger partial charge is 0.399 e. The Labute approximate surface area is 108 Å². The molecule has 0 radical (unpaired) electrons. The zero-order valence-electron chi connectivity index (χ0n) is 10.4. The van der Waals surface area contributed by atoms with Crippen molar-refractivity contribution in [3.8, 4) is 5.95 Å². The number of nitrogens with one attached hydrogen (secondary N) is 1. The average molecular weight is 255 g/mol. The number of aromatic amines is 1. The molecule has 0 aliphatic heterocycles. The molecule has 1 aromatic carbocycles. The molecule has 6 nitrogen and oxygen atoms in total. The van der Waals surface area contributed by atoms with Crippen LogP contribution in [-0.4, -0.2) is 19.5 Å². The lowest BCUT2D eigenvalue weighted by Gasteiger charge is -2.06. The Morgan fingerprint density at radius 1 is 1.42 bits per heavy atom. The molecule has 3 rings (SSSR count). The summed E-state index contributed by atoms with van der Waals surface area (Å²) in [6.07, 6.45) is 4.22. The maximum Gasteiger partial charge on any atom is 0.260 e. The van der Waals surface area contributed by atoms with Gasteiger partial charge in [-0.1, -0.05) is 6.92 Å². The van der Waals surface area contributed by atoms with Crippen LogP contribution in [0.4, 0.5) is 5.69 Å². The van der Waals surface area contributed by atoms with Crippen molar-refractivity contribution >= 4 is 16.6 Å². The number of benzene rings is 1. The molecule has 0 unspecified atom stereocenters. The molecular weight excluding hydrogens is 242 g/mol. The minimum absolute atomic E-state index is 0.206. The molecule has 96 valence electrons. The van der Waals surface area contributed by atoms with Gasteiger partial charge in [-0.25, -0.2) is 9.97 Å². The molecular formula is C13H13N5O. The molecule has 3 N–H and O–H groups in total. The SMILES string of the molecule is CCc1nccn1-c1nc2ccc(N)cc2c(=O)[nH]1. The highest BCUT2D eigenvalue weighted by atomic mass is 16.1. The lowest BCUT2D eigenvalue weighted by Crippen LogP contribution is -2.14. The van der Waals surface area contributed by atoms with Gasteiger partial charge in [-0.3, -0.25) is 14.3 Å². The molecule has 6 heteroatoms. The first-order valence-electron chi connectivity index (χ1n) is 6.01. The summed E-state index contributed by atoms with van der Waals surface area (Å²) >= 11 is 0. The van der Waals surface area contributed by atoms with E-state index in [2.05, 4.69) is 15.0 Å². The monoisotopic (exact) mass is 255 g/mol. The van der Waals surface area contributed by atoms with E-state index < -0.39 is 0 Å². The number of nitrogen functional groups attached to an aromatic ring is 1. The first-order chi connectivity index (χ1) is 9.19. The smallest absolute Gasteiger partial charge is 0.260 e. The number of rotatable bonds is 2. The van der Waals surface area contributed by atoms with E-state index in [0.29, 0.717) is 22.5 Å². The maximum absolute atomic E-state index is 12.1. The number of aryl methyl sites for hydroxylation is 1. The maximum atomic E-state index is 12.1. The molecule has 0 spiro atoms. The highest BCUT2D eigenvalue weighted by Crippen LogP contribution is 2.13. The summed E-state index contributed by atoms with van der Waals surface area (Å²) in [5, 5.41) is 0.488. The third-order valence-electron chi connectivity index (χ3n) is 2.98. The quantitative estimate of drug-likeness (QED) is 0.674. The van der Waals surface area contributed by atoms with Crippen LogP contribution in [0, 0.1) is 0 Å². The van der Waals surface area contributed by atoms with E-state index >= 15 is 0 Å². The third-order valence-corrected chi connectivity index (χ3v) is 2.98. The van der Waals surface area contributed by atoms with Crippen LogP contribution in [0.3, 0.4) is 0 Å². The summed E-state index contributed by atoms with van der Waals surface area (Å²) in [4.78, 5) is 23.5. The first-order valence-corrected chi connectivity index (χ1v) is 6.01. The van der Waals surface area contributed by atoms with E-state index in [-0.39, 0.29) is 5.56 Å². The Bertz CT molecular complexity index is 802. The summed E-state index contributed by atoms with van der Waals surface area (Å²) in [5.41, 5.74) is 6.63. The van der Waals surface area contributed by atoms with E-state index in [1.807, 2.05) is 6.92 Å². The zero-order chi connectivity index (χ0) is 13.4. The van der Waals surface area contributed by atoms with E-state index in [4.69, 9.17) is 5.73 Å². The van der Waals surface area contributed by atoms with Crippen LogP contribution in [0.1, 0.15) is 12.7 Å². The predicted molar refractivity (Wildman–Crippen MR) is 73.3 cm³/mol. The van der Waals surface area contributed by atoms with Crippen LogP contribution < -0.4 is 11.3 Å². The molecule has 19 heavy (non-hydrogen) atoms. The van der Waals surface area contributed by atoms with E-state index in [9.17, 15) is 4.79 Å². The van der Waals surface area contributed by atoms with Crippen LogP contribution in [0.2, 0.25) is 0 Å². The van der Waals surface area contributed by atoms with Gasteiger partial charge < -0.3 is 5.73 Å². The van der Waals surface area contributed by atoms with Gasteiger partial charge in [-0.05, 0) is 18.2 Å². The van der Waals surface area contributed by atoms with Crippen LogP contribution in [0.5, 0.6) is 0 Å². The topological polar surface area (TPSA) is 89.6 Å². The molecule has 0 amide bonds. The average Bonchev–Trinajstić information content (AvgIpc) is 2.87. The fraction of sp³-hybridized carbons (Fsp3) is 0.154. The van der Waals surface area contributed by atoms with Crippen LogP contribution in [0.15, 0.2) is 35.4 Å². The number of fused-ring (bicyclic) bond motifs is 1. The number of nitrogens with two attached hydrogens (primary N) is 1. The third kappa shape index (κ3) is 1.87. The summed E-state index contributed by atoms with van der Waals surface area (Å²) in [5.74, 6) is 1.31. The number of anilines is 1. The molecule has 2 aromatic heterocycles. The number of aromatic nitrogens is 4. The minimum atomic E-state index is -0.206. The minimum Gasteiger partial charge on any atom is -0.399 e. The van der Waals surface area contributed by atoms with E-state index in [1.54, 1.807) is 35.2 Å². The molecule has 0 atom stereocenters. The zero-order valence-corrected chi connectivity index (χ0v) is 10.4. The summed E-state index contributed by atoms with van der Waals surface area (Å²) < 4.78 is 1.77. The fourth-order valence-corrected chi connectivity index (χ4v) is 2.05. The van der Waals surface area contributed by atoms with Gasteiger partial charge in [-0.2, -0.15) is 0 Å². The van der Waals surface area contributed by atoms with Crippen molar-refractivity contribution in [2.24, 2.45) is 0 Å². The first kappa shape index (κ1) is 11.5. The van der Waals surface area contributed by atoms with E-state index in [1.165, 1.54) is 0 Å². The lowest BCUT2D eigenvalue weighted by molar-refractivity contribution is 0.838. The van der Waals surface area contributed by atoms with Gasteiger partial charge in [0.2, 0.25) is 5.95 Å². The summed E-state index contributed by atoms with van der Waals surface area (Å²) in [6, 6.07) is 5.10. The number of nitrogens with zero attached hydrogens (tertiary/aromatic N) is 3. The van der Waals surface area contributed by atoms with Crippen molar-refractivity contribution in [3.63, 3.8) is 0 Å². The lowest BCUT2D eigenvalue weighted by atomic mass is 10.2. The Hall–Kier alpha value is -2.63. The Kier molecular flexibility index (Phi) is 2.56. The molecule has 2 heterocycles. The second-order valence-electron chi connectivity index (χ2n) is 4.23. The van der Waals surface area contributed by atoms with Crippen molar-refractivity contribution < 1.29 is 0 Å². The molecule has 0 aliphatic rings. The Morgan fingerprint density at radius 2 is 2.26 bits per heavy atom. The molecule has 0 saturated carbocycles. The second-order valence-corrected chi connectivity index (χ2v) is 4.23. The van der Waals surface area contributed by atoms with Crippen LogP contribution in [0.25, 0.3) is 16.9 Å². The van der Waals surface area contributed by atoms with Gasteiger partial charge in [0.25, 0.3) is 5.56 Å². The van der Waals surface area contributed by atoms with Crippen molar-refractivity contribution in [2.75, 3.05) is 5.73 Å². The van der Waals surface area contributed by atoms with Crippen LogP contribution in [-0.2, 0) is 6.42 Å².